The third-order valence-corrected chi connectivity index (χ3v) is 4.05. The Morgan fingerprint density at radius 1 is 1.26 bits per heavy atom. The molecule has 1 aliphatic rings. The fourth-order valence-corrected chi connectivity index (χ4v) is 2.58. The first-order chi connectivity index (χ1) is 8.90. The molecule has 1 heterocycles. The summed E-state index contributed by atoms with van der Waals surface area (Å²) in [6.45, 7) is 7.35. The maximum absolute atomic E-state index is 14.1. The van der Waals surface area contributed by atoms with Gasteiger partial charge in [-0.2, -0.15) is 0 Å². The highest BCUT2D eigenvalue weighted by Gasteiger charge is 2.27. The van der Waals surface area contributed by atoms with Crippen LogP contribution in [-0.2, 0) is 0 Å². The van der Waals surface area contributed by atoms with E-state index in [0.29, 0.717) is 23.3 Å². The lowest BCUT2D eigenvalue weighted by Crippen LogP contribution is -2.55. The van der Waals surface area contributed by atoms with Gasteiger partial charge in [-0.25, -0.2) is 4.39 Å². The van der Waals surface area contributed by atoms with E-state index < -0.39 is 0 Å². The van der Waals surface area contributed by atoms with E-state index in [0.717, 1.165) is 13.1 Å². The minimum Gasteiger partial charge on any atom is -0.366 e. The zero-order valence-electron chi connectivity index (χ0n) is 12.0. The molecule has 0 saturated carbocycles. The van der Waals surface area contributed by atoms with Crippen LogP contribution in [0.4, 0.5) is 10.1 Å². The van der Waals surface area contributed by atoms with Gasteiger partial charge in [-0.15, -0.1) is 0 Å². The SMILES string of the molecule is CC(=O)c1ccc(N2CC(C)N(C)C(C)C2)c(F)c1. The normalized spacial score (nSPS) is 24.6. The summed E-state index contributed by atoms with van der Waals surface area (Å²) in [5.41, 5.74) is 1.02. The molecule has 2 rings (SSSR count). The smallest absolute Gasteiger partial charge is 0.159 e. The highest BCUT2D eigenvalue weighted by Crippen LogP contribution is 2.25. The van der Waals surface area contributed by atoms with Crippen LogP contribution in [0.2, 0.25) is 0 Å². The second-order valence-corrected chi connectivity index (χ2v) is 5.49. The van der Waals surface area contributed by atoms with Gasteiger partial charge >= 0.3 is 0 Å². The number of ketones is 1. The van der Waals surface area contributed by atoms with Crippen LogP contribution < -0.4 is 4.90 Å². The average Bonchev–Trinajstić information content (AvgIpc) is 2.35. The van der Waals surface area contributed by atoms with Crippen LogP contribution in [0.1, 0.15) is 31.1 Å². The van der Waals surface area contributed by atoms with Crippen molar-refractivity contribution in [1.29, 1.82) is 0 Å². The van der Waals surface area contributed by atoms with Crippen LogP contribution in [0, 0.1) is 5.82 Å². The Kier molecular flexibility index (Phi) is 3.90. The first-order valence-electron chi connectivity index (χ1n) is 6.67. The van der Waals surface area contributed by atoms with Gasteiger partial charge in [-0.05, 0) is 46.0 Å². The highest BCUT2D eigenvalue weighted by atomic mass is 19.1. The Morgan fingerprint density at radius 3 is 2.32 bits per heavy atom. The lowest BCUT2D eigenvalue weighted by molar-refractivity contribution is 0.101. The third-order valence-electron chi connectivity index (χ3n) is 4.05. The van der Waals surface area contributed by atoms with Crippen molar-refractivity contribution in [2.45, 2.75) is 32.9 Å². The van der Waals surface area contributed by atoms with Gasteiger partial charge in [0.25, 0.3) is 0 Å². The van der Waals surface area contributed by atoms with E-state index in [-0.39, 0.29) is 11.6 Å². The number of likely N-dealkylation sites (N-methyl/N-ethyl adjacent to an activating group) is 1. The summed E-state index contributed by atoms with van der Waals surface area (Å²) in [4.78, 5) is 15.6. The second kappa shape index (κ2) is 5.29. The lowest BCUT2D eigenvalue weighted by atomic mass is 10.1. The number of carbonyl (C=O) groups excluding carboxylic acids is 1. The van der Waals surface area contributed by atoms with Crippen LogP contribution in [0.3, 0.4) is 0 Å². The average molecular weight is 264 g/mol. The monoisotopic (exact) mass is 264 g/mol. The van der Waals surface area contributed by atoms with Gasteiger partial charge in [-0.3, -0.25) is 9.69 Å². The van der Waals surface area contributed by atoms with E-state index in [9.17, 15) is 9.18 Å². The maximum Gasteiger partial charge on any atom is 0.159 e. The van der Waals surface area contributed by atoms with Crippen LogP contribution in [0.5, 0.6) is 0 Å². The maximum atomic E-state index is 14.1. The lowest BCUT2D eigenvalue weighted by Gasteiger charge is -2.43. The molecule has 0 bridgehead atoms. The van der Waals surface area contributed by atoms with Crippen LogP contribution in [-0.4, -0.2) is 42.9 Å². The minimum absolute atomic E-state index is 0.106. The molecule has 1 saturated heterocycles. The predicted octanol–water partition coefficient (Wildman–Crippen LogP) is 2.56. The van der Waals surface area contributed by atoms with Gasteiger partial charge in [0.05, 0.1) is 5.69 Å². The Labute approximate surface area is 114 Å². The van der Waals surface area contributed by atoms with Gasteiger partial charge in [0.1, 0.15) is 5.82 Å². The van der Waals surface area contributed by atoms with E-state index in [1.54, 1.807) is 12.1 Å². The van der Waals surface area contributed by atoms with E-state index in [4.69, 9.17) is 0 Å². The number of hydrogen-bond acceptors (Lipinski definition) is 3. The fourth-order valence-electron chi connectivity index (χ4n) is 2.58. The van der Waals surface area contributed by atoms with Gasteiger partial charge in [0.2, 0.25) is 0 Å². The zero-order chi connectivity index (χ0) is 14.2. The number of benzene rings is 1. The van der Waals surface area contributed by atoms with Crippen molar-refractivity contribution >= 4 is 11.5 Å². The van der Waals surface area contributed by atoms with E-state index in [1.807, 2.05) is 0 Å². The topological polar surface area (TPSA) is 23.6 Å². The van der Waals surface area contributed by atoms with Crippen molar-refractivity contribution in [2.75, 3.05) is 25.0 Å². The minimum atomic E-state index is -0.309. The van der Waals surface area contributed by atoms with E-state index in [2.05, 4.69) is 30.7 Å². The summed E-state index contributed by atoms with van der Waals surface area (Å²) >= 11 is 0. The number of Topliss-reactive ketones (excluding diaryl/α,β-unsaturated/α-hetero) is 1. The molecule has 0 amide bonds. The van der Waals surface area contributed by atoms with Crippen molar-refractivity contribution < 1.29 is 9.18 Å². The van der Waals surface area contributed by atoms with Crippen LogP contribution in [0.15, 0.2) is 18.2 Å². The molecule has 0 aliphatic carbocycles. The quantitative estimate of drug-likeness (QED) is 0.767. The summed E-state index contributed by atoms with van der Waals surface area (Å²) in [7, 11) is 2.10. The zero-order valence-corrected chi connectivity index (χ0v) is 12.0. The van der Waals surface area contributed by atoms with Gasteiger partial charge in [0.15, 0.2) is 5.78 Å². The van der Waals surface area contributed by atoms with Gasteiger partial charge < -0.3 is 4.90 Å². The molecule has 0 radical (unpaired) electrons. The number of rotatable bonds is 2. The molecule has 2 atom stereocenters. The number of nitrogens with zero attached hydrogens (tertiary/aromatic N) is 2. The number of hydrogen-bond donors (Lipinski definition) is 0. The number of piperazine rings is 1. The van der Waals surface area contributed by atoms with Crippen molar-refractivity contribution in [3.05, 3.63) is 29.6 Å². The summed E-state index contributed by atoms with van der Waals surface area (Å²) < 4.78 is 14.1. The molecule has 0 N–H and O–H groups in total. The largest absolute Gasteiger partial charge is 0.366 e. The van der Waals surface area contributed by atoms with Gasteiger partial charge in [-0.1, -0.05) is 0 Å². The Bertz CT molecular complexity index is 477. The van der Waals surface area contributed by atoms with Crippen molar-refractivity contribution in [1.82, 2.24) is 4.90 Å². The summed E-state index contributed by atoms with van der Waals surface area (Å²) in [5, 5.41) is 0. The summed E-state index contributed by atoms with van der Waals surface area (Å²) in [5.74, 6) is -0.415. The first-order valence-corrected chi connectivity index (χ1v) is 6.67. The molecule has 0 spiro atoms. The molecule has 1 aromatic carbocycles. The number of carbonyl (C=O) groups is 1. The molecule has 4 heteroatoms. The molecular formula is C15H21FN2O. The second-order valence-electron chi connectivity index (χ2n) is 5.49. The fraction of sp³-hybridized carbons (Fsp3) is 0.533. The molecule has 2 unspecified atom stereocenters. The van der Waals surface area contributed by atoms with E-state index in [1.165, 1.54) is 13.0 Å². The predicted molar refractivity (Wildman–Crippen MR) is 75.3 cm³/mol. The summed E-state index contributed by atoms with van der Waals surface area (Å²) in [6, 6.07) is 5.53. The molecule has 1 aliphatic heterocycles. The van der Waals surface area contributed by atoms with Crippen molar-refractivity contribution in [3.63, 3.8) is 0 Å². The standard InChI is InChI=1S/C15H21FN2O/c1-10-8-18(9-11(2)17(10)4)15-6-5-13(12(3)19)7-14(15)16/h5-7,10-11H,8-9H2,1-4H3. The van der Waals surface area contributed by atoms with Crippen LogP contribution in [0.25, 0.3) is 0 Å². The van der Waals surface area contributed by atoms with Gasteiger partial charge in [0, 0.05) is 30.7 Å². The molecule has 0 aromatic heterocycles. The van der Waals surface area contributed by atoms with Crippen LogP contribution >= 0.6 is 0 Å². The van der Waals surface area contributed by atoms with Crippen molar-refractivity contribution in [2.24, 2.45) is 0 Å². The van der Waals surface area contributed by atoms with Crippen molar-refractivity contribution in [3.8, 4) is 0 Å². The number of anilines is 1. The molecule has 104 valence electrons. The first kappa shape index (κ1) is 14.0. The Hall–Kier alpha value is -1.42. The van der Waals surface area contributed by atoms with E-state index >= 15 is 0 Å². The Morgan fingerprint density at radius 2 is 1.84 bits per heavy atom. The molecule has 1 aromatic rings. The summed E-state index contributed by atoms with van der Waals surface area (Å²) in [6.07, 6.45) is 0. The molecule has 3 nitrogen and oxygen atoms in total. The Balaban J connectivity index is 2.25. The molecule has 19 heavy (non-hydrogen) atoms. The highest BCUT2D eigenvalue weighted by molar-refractivity contribution is 5.94. The molecular weight excluding hydrogens is 243 g/mol. The number of halogens is 1. The molecule has 1 fully saturated rings. The third kappa shape index (κ3) is 2.78.